The molecule has 142 valence electrons. The highest BCUT2D eigenvalue weighted by Gasteiger charge is 2.20. The highest BCUT2D eigenvalue weighted by Crippen LogP contribution is 2.20. The molecule has 9 nitrogen and oxygen atoms in total. The quantitative estimate of drug-likeness (QED) is 0.579. The third-order valence-corrected chi connectivity index (χ3v) is 4.33. The third-order valence-electron chi connectivity index (χ3n) is 4.33. The molecule has 2 aromatic heterocycles. The largest absolute Gasteiger partial charge is 0.395 e. The van der Waals surface area contributed by atoms with Crippen LogP contribution in [-0.2, 0) is 13.1 Å². The molecule has 0 saturated heterocycles. The predicted molar refractivity (Wildman–Crippen MR) is 99.7 cm³/mol. The molecule has 9 heteroatoms. The van der Waals surface area contributed by atoms with Crippen LogP contribution in [0.15, 0.2) is 40.1 Å². The van der Waals surface area contributed by atoms with Crippen molar-refractivity contribution in [3.8, 4) is 0 Å². The summed E-state index contributed by atoms with van der Waals surface area (Å²) in [4.78, 5) is 43.0. The third kappa shape index (κ3) is 3.54. The van der Waals surface area contributed by atoms with Crippen LogP contribution in [0.1, 0.15) is 36.1 Å². The molecular weight excluding hydrogens is 350 g/mol. The van der Waals surface area contributed by atoms with Gasteiger partial charge in [0, 0.05) is 12.7 Å². The number of fused-ring (bicyclic) bond motifs is 1. The Labute approximate surface area is 154 Å². The molecule has 1 atom stereocenters. The standard InChI is InChI=1S/C18H21N5O4/c1-3-23-14-7-5-4-6-13(14)20-15(23)11(2)19-16(25)12-10-22(8-9-24)18(27)21-17(12)26/h4-7,10-11,24H,3,8-9H2,1-2H3,(H,19,25)(H,21,26,27). The lowest BCUT2D eigenvalue weighted by Crippen LogP contribution is -2.38. The Bertz CT molecular complexity index is 1100. The van der Waals surface area contributed by atoms with Crippen molar-refractivity contribution >= 4 is 16.9 Å². The van der Waals surface area contributed by atoms with Gasteiger partial charge in [0.2, 0.25) is 0 Å². The second kappa shape index (κ2) is 7.58. The van der Waals surface area contributed by atoms with Gasteiger partial charge in [0.15, 0.2) is 0 Å². The van der Waals surface area contributed by atoms with E-state index in [0.29, 0.717) is 12.4 Å². The molecule has 3 N–H and O–H groups in total. The van der Waals surface area contributed by atoms with Crippen molar-refractivity contribution in [2.45, 2.75) is 33.0 Å². The number of amides is 1. The summed E-state index contributed by atoms with van der Waals surface area (Å²) in [6.07, 6.45) is 1.15. The van der Waals surface area contributed by atoms with E-state index in [1.54, 1.807) is 6.92 Å². The van der Waals surface area contributed by atoms with E-state index in [4.69, 9.17) is 5.11 Å². The van der Waals surface area contributed by atoms with Crippen molar-refractivity contribution in [1.29, 1.82) is 0 Å². The molecule has 0 spiro atoms. The number of hydrogen-bond acceptors (Lipinski definition) is 5. The van der Waals surface area contributed by atoms with Crippen molar-refractivity contribution in [3.63, 3.8) is 0 Å². The number of carbonyl (C=O) groups is 1. The van der Waals surface area contributed by atoms with E-state index in [1.807, 2.05) is 35.8 Å². The number of aliphatic hydroxyl groups is 1. The van der Waals surface area contributed by atoms with Crippen LogP contribution in [0, 0.1) is 0 Å². The van der Waals surface area contributed by atoms with Crippen LogP contribution in [0.4, 0.5) is 0 Å². The maximum absolute atomic E-state index is 12.6. The number of rotatable bonds is 6. The fourth-order valence-electron chi connectivity index (χ4n) is 3.04. The Kier molecular flexibility index (Phi) is 5.22. The summed E-state index contributed by atoms with van der Waals surface area (Å²) in [6.45, 7) is 4.14. The number of hydrogen-bond donors (Lipinski definition) is 3. The van der Waals surface area contributed by atoms with E-state index in [2.05, 4.69) is 15.3 Å². The summed E-state index contributed by atoms with van der Waals surface area (Å²) in [5.74, 6) is 0.0531. The topological polar surface area (TPSA) is 122 Å². The summed E-state index contributed by atoms with van der Waals surface area (Å²) in [5.41, 5.74) is 0.138. The number of aliphatic hydroxyl groups excluding tert-OH is 1. The number of aromatic nitrogens is 4. The summed E-state index contributed by atoms with van der Waals surface area (Å²) in [7, 11) is 0. The Morgan fingerprint density at radius 3 is 2.78 bits per heavy atom. The summed E-state index contributed by atoms with van der Waals surface area (Å²) >= 11 is 0. The molecule has 0 bridgehead atoms. The van der Waals surface area contributed by atoms with Gasteiger partial charge in [0.1, 0.15) is 11.4 Å². The Morgan fingerprint density at radius 1 is 1.33 bits per heavy atom. The van der Waals surface area contributed by atoms with Gasteiger partial charge in [-0.2, -0.15) is 0 Å². The van der Waals surface area contributed by atoms with E-state index < -0.39 is 23.2 Å². The number of aromatic amines is 1. The fraction of sp³-hybridized carbons (Fsp3) is 0.333. The van der Waals surface area contributed by atoms with Crippen molar-refractivity contribution < 1.29 is 9.90 Å². The van der Waals surface area contributed by atoms with E-state index in [0.717, 1.165) is 21.8 Å². The van der Waals surface area contributed by atoms with Crippen molar-refractivity contribution in [1.82, 2.24) is 24.4 Å². The lowest BCUT2D eigenvalue weighted by molar-refractivity contribution is 0.0934. The van der Waals surface area contributed by atoms with E-state index >= 15 is 0 Å². The number of para-hydroxylation sites is 2. The molecule has 0 aliphatic rings. The van der Waals surface area contributed by atoms with Crippen molar-refractivity contribution in [2.75, 3.05) is 6.61 Å². The number of H-pyrrole nitrogens is 1. The molecule has 0 radical (unpaired) electrons. The molecule has 27 heavy (non-hydrogen) atoms. The minimum absolute atomic E-state index is 0.0168. The normalized spacial score (nSPS) is 12.3. The molecule has 1 aromatic carbocycles. The fourth-order valence-corrected chi connectivity index (χ4v) is 3.04. The van der Waals surface area contributed by atoms with Crippen LogP contribution in [0.25, 0.3) is 11.0 Å². The van der Waals surface area contributed by atoms with E-state index in [1.165, 1.54) is 0 Å². The molecule has 0 saturated carbocycles. The van der Waals surface area contributed by atoms with Crippen LogP contribution < -0.4 is 16.6 Å². The van der Waals surface area contributed by atoms with Gasteiger partial charge in [-0.05, 0) is 26.0 Å². The first kappa shape index (κ1) is 18.6. The molecule has 3 aromatic rings. The first-order chi connectivity index (χ1) is 13.0. The van der Waals surface area contributed by atoms with Gasteiger partial charge in [-0.3, -0.25) is 19.1 Å². The average Bonchev–Trinajstić information content (AvgIpc) is 3.02. The monoisotopic (exact) mass is 371 g/mol. The smallest absolute Gasteiger partial charge is 0.328 e. The maximum atomic E-state index is 12.6. The lowest BCUT2D eigenvalue weighted by Gasteiger charge is -2.15. The number of imidazole rings is 1. The number of nitrogens with one attached hydrogen (secondary N) is 2. The van der Waals surface area contributed by atoms with E-state index in [-0.39, 0.29) is 18.7 Å². The van der Waals surface area contributed by atoms with Crippen molar-refractivity contribution in [2.24, 2.45) is 0 Å². The molecule has 0 fully saturated rings. The molecular formula is C18H21N5O4. The van der Waals surface area contributed by atoms with Crippen LogP contribution in [0.3, 0.4) is 0 Å². The minimum Gasteiger partial charge on any atom is -0.395 e. The first-order valence-electron chi connectivity index (χ1n) is 8.67. The van der Waals surface area contributed by atoms with Gasteiger partial charge in [0.05, 0.1) is 30.2 Å². The van der Waals surface area contributed by atoms with Gasteiger partial charge in [-0.1, -0.05) is 12.1 Å². The summed E-state index contributed by atoms with van der Waals surface area (Å²) < 4.78 is 3.08. The van der Waals surface area contributed by atoms with Crippen LogP contribution in [0.5, 0.6) is 0 Å². The van der Waals surface area contributed by atoms with Crippen LogP contribution in [0.2, 0.25) is 0 Å². The molecule has 0 aliphatic heterocycles. The van der Waals surface area contributed by atoms with Gasteiger partial charge < -0.3 is 15.0 Å². The maximum Gasteiger partial charge on any atom is 0.328 e. The van der Waals surface area contributed by atoms with Gasteiger partial charge in [-0.15, -0.1) is 0 Å². The van der Waals surface area contributed by atoms with Crippen LogP contribution in [-0.4, -0.2) is 36.7 Å². The molecule has 0 aliphatic carbocycles. The second-order valence-electron chi connectivity index (χ2n) is 6.12. The zero-order valence-corrected chi connectivity index (χ0v) is 15.1. The SMILES string of the molecule is CCn1c(C(C)NC(=O)c2cn(CCO)c(=O)[nH]c2=O)nc2ccccc21. The predicted octanol–water partition coefficient (Wildman–Crippen LogP) is 0.390. The number of benzene rings is 1. The Balaban J connectivity index is 1.92. The number of aryl methyl sites for hydroxylation is 1. The molecule has 3 rings (SSSR count). The molecule has 2 heterocycles. The lowest BCUT2D eigenvalue weighted by atomic mass is 10.2. The molecule has 1 unspecified atom stereocenters. The number of carbonyl (C=O) groups excluding carboxylic acids is 1. The van der Waals surface area contributed by atoms with E-state index in [9.17, 15) is 14.4 Å². The van der Waals surface area contributed by atoms with Gasteiger partial charge >= 0.3 is 5.69 Å². The highest BCUT2D eigenvalue weighted by atomic mass is 16.3. The first-order valence-corrected chi connectivity index (χ1v) is 8.67. The highest BCUT2D eigenvalue weighted by molar-refractivity contribution is 5.93. The summed E-state index contributed by atoms with van der Waals surface area (Å²) in [6, 6.07) is 7.22. The van der Waals surface area contributed by atoms with Crippen molar-refractivity contribution in [3.05, 3.63) is 62.7 Å². The van der Waals surface area contributed by atoms with Crippen LogP contribution >= 0.6 is 0 Å². The second-order valence-corrected chi connectivity index (χ2v) is 6.12. The molecule has 1 amide bonds. The Hall–Kier alpha value is -3.20. The average molecular weight is 371 g/mol. The number of nitrogens with zero attached hydrogens (tertiary/aromatic N) is 3. The Morgan fingerprint density at radius 2 is 2.07 bits per heavy atom. The summed E-state index contributed by atoms with van der Waals surface area (Å²) in [5, 5.41) is 11.8. The minimum atomic E-state index is -0.775. The van der Waals surface area contributed by atoms with Gasteiger partial charge in [-0.25, -0.2) is 9.78 Å². The zero-order valence-electron chi connectivity index (χ0n) is 15.1. The van der Waals surface area contributed by atoms with Gasteiger partial charge in [0.25, 0.3) is 11.5 Å². The zero-order chi connectivity index (χ0) is 19.6.